The highest BCUT2D eigenvalue weighted by Crippen LogP contribution is 2.28. The van der Waals surface area contributed by atoms with Gasteiger partial charge in [-0.3, -0.25) is 9.69 Å². The number of hydrogen-bond donors (Lipinski definition) is 1. The minimum atomic E-state index is -0.0532. The molecule has 17 heavy (non-hydrogen) atoms. The predicted molar refractivity (Wildman–Crippen MR) is 71.0 cm³/mol. The van der Waals surface area contributed by atoms with E-state index < -0.39 is 0 Å². The van der Waals surface area contributed by atoms with Crippen LogP contribution < -0.4 is 5.32 Å². The molecule has 4 nitrogen and oxygen atoms in total. The van der Waals surface area contributed by atoms with Crippen LogP contribution in [-0.4, -0.2) is 60.5 Å². The molecule has 1 rings (SSSR count). The van der Waals surface area contributed by atoms with Gasteiger partial charge in [-0.05, 0) is 41.2 Å². The second kappa shape index (κ2) is 5.36. The normalized spacial score (nSPS) is 26.4. The molecule has 0 aromatic carbocycles. The third-order valence-corrected chi connectivity index (χ3v) is 3.71. The number of nitrogens with one attached hydrogen (secondary N) is 1. The van der Waals surface area contributed by atoms with E-state index in [1.54, 1.807) is 0 Å². The van der Waals surface area contributed by atoms with Gasteiger partial charge >= 0.3 is 0 Å². The van der Waals surface area contributed by atoms with Gasteiger partial charge in [0.05, 0.1) is 0 Å². The van der Waals surface area contributed by atoms with Gasteiger partial charge in [0.25, 0.3) is 0 Å². The van der Waals surface area contributed by atoms with Crippen LogP contribution in [0.15, 0.2) is 0 Å². The maximum Gasteiger partial charge on any atom is 0.241 e. The second-order valence-corrected chi connectivity index (χ2v) is 5.90. The molecule has 0 radical (unpaired) electrons. The van der Waals surface area contributed by atoms with E-state index in [4.69, 9.17) is 0 Å². The van der Waals surface area contributed by atoms with E-state index >= 15 is 0 Å². The van der Waals surface area contributed by atoms with Gasteiger partial charge in [-0.1, -0.05) is 0 Å². The lowest BCUT2D eigenvalue weighted by atomic mass is 9.95. The lowest BCUT2D eigenvalue weighted by Gasteiger charge is -2.43. The zero-order valence-corrected chi connectivity index (χ0v) is 12.1. The molecule has 0 aliphatic carbocycles. The van der Waals surface area contributed by atoms with Crippen molar-refractivity contribution in [1.82, 2.24) is 15.1 Å². The lowest BCUT2D eigenvalue weighted by molar-refractivity contribution is -0.136. The van der Waals surface area contributed by atoms with Crippen LogP contribution in [0.4, 0.5) is 0 Å². The fourth-order valence-corrected chi connectivity index (χ4v) is 2.91. The number of likely N-dealkylation sites (N-methyl/N-ethyl adjacent to an activating group) is 2. The van der Waals surface area contributed by atoms with Crippen molar-refractivity contribution in [2.24, 2.45) is 0 Å². The van der Waals surface area contributed by atoms with Gasteiger partial charge in [-0.25, -0.2) is 0 Å². The van der Waals surface area contributed by atoms with Crippen LogP contribution in [-0.2, 0) is 4.79 Å². The van der Waals surface area contributed by atoms with Crippen molar-refractivity contribution in [1.29, 1.82) is 0 Å². The van der Waals surface area contributed by atoms with Crippen molar-refractivity contribution in [3.63, 3.8) is 0 Å². The summed E-state index contributed by atoms with van der Waals surface area (Å²) in [6, 6.07) is 0.321. The molecule has 1 heterocycles. The van der Waals surface area contributed by atoms with Crippen LogP contribution in [0, 0.1) is 0 Å². The summed E-state index contributed by atoms with van der Waals surface area (Å²) < 4.78 is 0. The van der Waals surface area contributed by atoms with Crippen LogP contribution in [0.3, 0.4) is 0 Å². The molecule has 4 heteroatoms. The van der Waals surface area contributed by atoms with Crippen molar-refractivity contribution in [2.45, 2.75) is 51.7 Å². The molecule has 0 spiro atoms. The number of carbonyl (C=O) groups excluding carboxylic acids is 1. The largest absolute Gasteiger partial charge is 0.344 e. The topological polar surface area (TPSA) is 35.6 Å². The maximum atomic E-state index is 12.4. The van der Waals surface area contributed by atoms with Crippen LogP contribution in [0.1, 0.15) is 34.1 Å². The number of nitrogens with zero attached hydrogens (tertiary/aromatic N) is 2. The van der Waals surface area contributed by atoms with Crippen LogP contribution in [0.25, 0.3) is 0 Å². The third-order valence-electron chi connectivity index (χ3n) is 3.71. The predicted octanol–water partition coefficient (Wildman–Crippen LogP) is 0.926. The molecule has 1 N–H and O–H groups in total. The van der Waals surface area contributed by atoms with Gasteiger partial charge in [-0.2, -0.15) is 0 Å². The molecule has 1 atom stereocenters. The zero-order chi connectivity index (χ0) is 13.2. The number of hydrogen-bond acceptors (Lipinski definition) is 3. The summed E-state index contributed by atoms with van der Waals surface area (Å²) in [6.45, 7) is 10.4. The van der Waals surface area contributed by atoms with E-state index in [2.05, 4.69) is 37.9 Å². The smallest absolute Gasteiger partial charge is 0.241 e. The Balaban J connectivity index is 3.08. The first kappa shape index (κ1) is 14.5. The quantitative estimate of drug-likeness (QED) is 0.798. The molecule has 1 amide bonds. The fourth-order valence-electron chi connectivity index (χ4n) is 2.91. The summed E-state index contributed by atoms with van der Waals surface area (Å²) in [5.41, 5.74) is 0.0656. The van der Waals surface area contributed by atoms with Crippen molar-refractivity contribution < 1.29 is 4.79 Å². The molecular formula is C13H27N3O. The lowest BCUT2D eigenvalue weighted by Crippen LogP contribution is -2.58. The van der Waals surface area contributed by atoms with E-state index in [1.165, 1.54) is 0 Å². The highest BCUT2D eigenvalue weighted by atomic mass is 16.2. The molecule has 0 aromatic rings. The Kier molecular flexibility index (Phi) is 4.55. The van der Waals surface area contributed by atoms with Crippen molar-refractivity contribution >= 4 is 5.91 Å². The van der Waals surface area contributed by atoms with Crippen molar-refractivity contribution in [3.05, 3.63) is 0 Å². The van der Waals surface area contributed by atoms with E-state index in [-0.39, 0.29) is 17.5 Å². The Hall–Kier alpha value is -0.610. The highest BCUT2D eigenvalue weighted by molar-refractivity contribution is 5.82. The van der Waals surface area contributed by atoms with Crippen LogP contribution in [0.2, 0.25) is 0 Å². The molecule has 0 bridgehead atoms. The Labute approximate surface area is 105 Å². The summed E-state index contributed by atoms with van der Waals surface area (Å²) in [5.74, 6) is 0.235. The number of rotatable bonds is 3. The van der Waals surface area contributed by atoms with Gasteiger partial charge in [0.2, 0.25) is 5.91 Å². The average molecular weight is 241 g/mol. The van der Waals surface area contributed by atoms with Gasteiger partial charge in [-0.15, -0.1) is 0 Å². The molecule has 100 valence electrons. The van der Waals surface area contributed by atoms with E-state index in [9.17, 15) is 4.79 Å². The molecule has 1 fully saturated rings. The van der Waals surface area contributed by atoms with Crippen molar-refractivity contribution in [3.8, 4) is 0 Å². The van der Waals surface area contributed by atoms with E-state index in [0.29, 0.717) is 12.6 Å². The SMILES string of the molecule is CNCC1C(=O)N(C)CCC(C)(C)N1C(C)C. The highest BCUT2D eigenvalue weighted by Gasteiger charge is 2.41. The van der Waals surface area contributed by atoms with Crippen LogP contribution in [0.5, 0.6) is 0 Å². The zero-order valence-electron chi connectivity index (χ0n) is 12.1. The first-order valence-corrected chi connectivity index (χ1v) is 6.49. The molecule has 0 saturated carbocycles. The molecule has 1 aliphatic heterocycles. The van der Waals surface area contributed by atoms with Crippen molar-refractivity contribution in [2.75, 3.05) is 27.2 Å². The Morgan fingerprint density at radius 2 is 2.06 bits per heavy atom. The summed E-state index contributed by atoms with van der Waals surface area (Å²) in [7, 11) is 3.81. The molecule has 1 unspecified atom stereocenters. The average Bonchev–Trinajstić information content (AvgIpc) is 2.30. The van der Waals surface area contributed by atoms with E-state index in [1.807, 2.05) is 19.0 Å². The Morgan fingerprint density at radius 1 is 1.47 bits per heavy atom. The molecule has 0 aromatic heterocycles. The second-order valence-electron chi connectivity index (χ2n) is 5.90. The molecular weight excluding hydrogens is 214 g/mol. The summed E-state index contributed by atoms with van der Waals surface area (Å²) in [5, 5.41) is 3.15. The first-order chi connectivity index (χ1) is 7.81. The standard InChI is InChI=1S/C13H27N3O/c1-10(2)16-11(9-14-5)12(17)15(6)8-7-13(16,3)4/h10-11,14H,7-9H2,1-6H3. The minimum Gasteiger partial charge on any atom is -0.344 e. The molecule has 1 saturated heterocycles. The van der Waals surface area contributed by atoms with Gasteiger partial charge in [0.15, 0.2) is 0 Å². The van der Waals surface area contributed by atoms with Gasteiger partial charge in [0, 0.05) is 31.7 Å². The third kappa shape index (κ3) is 2.99. The monoisotopic (exact) mass is 241 g/mol. The minimum absolute atomic E-state index is 0.0532. The Morgan fingerprint density at radius 3 is 2.53 bits per heavy atom. The van der Waals surface area contributed by atoms with Gasteiger partial charge in [0.1, 0.15) is 6.04 Å². The summed E-state index contributed by atoms with van der Waals surface area (Å²) in [6.07, 6.45) is 1.02. The summed E-state index contributed by atoms with van der Waals surface area (Å²) >= 11 is 0. The fraction of sp³-hybridized carbons (Fsp3) is 0.923. The number of carbonyl (C=O) groups is 1. The summed E-state index contributed by atoms with van der Waals surface area (Å²) in [4.78, 5) is 16.6. The van der Waals surface area contributed by atoms with E-state index in [0.717, 1.165) is 13.0 Å². The van der Waals surface area contributed by atoms with Gasteiger partial charge < -0.3 is 10.2 Å². The number of amides is 1. The maximum absolute atomic E-state index is 12.4. The van der Waals surface area contributed by atoms with Crippen LogP contribution >= 0.6 is 0 Å². The molecule has 1 aliphatic rings. The first-order valence-electron chi connectivity index (χ1n) is 6.49. The Bertz CT molecular complexity index is 276.